The maximum Gasteiger partial charge on any atom is 0.0986 e. The molecule has 0 aromatic rings. The summed E-state index contributed by atoms with van der Waals surface area (Å²) in [7, 11) is 1.81. The van der Waals surface area contributed by atoms with Crippen LogP contribution in [0.25, 0.3) is 0 Å². The van der Waals surface area contributed by atoms with Gasteiger partial charge in [-0.3, -0.25) is 0 Å². The van der Waals surface area contributed by atoms with Gasteiger partial charge in [0.25, 0.3) is 0 Å². The summed E-state index contributed by atoms with van der Waals surface area (Å²) in [5, 5.41) is 3.90. The molecule has 2 rings (SSSR count). The molecule has 2 saturated carbocycles. The predicted molar refractivity (Wildman–Crippen MR) is 83.0 cm³/mol. The van der Waals surface area contributed by atoms with E-state index >= 15 is 0 Å². The third-order valence-electron chi connectivity index (χ3n) is 5.21. The van der Waals surface area contributed by atoms with Crippen LogP contribution in [0, 0.1) is 11.3 Å². The van der Waals surface area contributed by atoms with E-state index in [9.17, 15) is 0 Å². The van der Waals surface area contributed by atoms with Gasteiger partial charge >= 0.3 is 0 Å². The summed E-state index contributed by atoms with van der Waals surface area (Å²) >= 11 is 0. The summed E-state index contributed by atoms with van der Waals surface area (Å²) in [6.07, 6.45) is 7.05. The first kappa shape index (κ1) is 16.3. The fourth-order valence-electron chi connectivity index (χ4n) is 4.08. The molecule has 2 fully saturated rings. The summed E-state index contributed by atoms with van der Waals surface area (Å²) in [6.45, 7) is 10.00. The Balaban J connectivity index is 1.91. The Kier molecular flexibility index (Phi) is 5.49. The van der Waals surface area contributed by atoms with E-state index in [1.54, 1.807) is 0 Å². The first-order valence-corrected chi connectivity index (χ1v) is 8.37. The lowest BCUT2D eigenvalue weighted by molar-refractivity contribution is -0.135. The van der Waals surface area contributed by atoms with E-state index in [0.717, 1.165) is 18.9 Å². The SMILES string of the molecule is CCOC1CC(NC2CCCCC2C(C)(C)C)C1OC. The van der Waals surface area contributed by atoms with Gasteiger partial charge in [-0.25, -0.2) is 0 Å². The number of methoxy groups -OCH3 is 1. The minimum atomic E-state index is 0.234. The highest BCUT2D eigenvalue weighted by Gasteiger charge is 2.45. The smallest absolute Gasteiger partial charge is 0.0986 e. The standard InChI is InChI=1S/C17H33NO2/c1-6-20-15-11-14(16(15)19-5)18-13-10-8-7-9-12(13)17(2,3)4/h12-16,18H,6-11H2,1-5H3. The Morgan fingerprint density at radius 1 is 1.10 bits per heavy atom. The highest BCUT2D eigenvalue weighted by atomic mass is 16.5. The van der Waals surface area contributed by atoms with Crippen LogP contribution in [0.4, 0.5) is 0 Å². The summed E-state index contributed by atoms with van der Waals surface area (Å²) < 4.78 is 11.4. The van der Waals surface area contributed by atoms with E-state index in [4.69, 9.17) is 9.47 Å². The second-order valence-electron chi connectivity index (χ2n) is 7.57. The van der Waals surface area contributed by atoms with Crippen molar-refractivity contribution in [3.8, 4) is 0 Å². The molecule has 0 spiro atoms. The topological polar surface area (TPSA) is 30.5 Å². The van der Waals surface area contributed by atoms with Crippen molar-refractivity contribution in [3.63, 3.8) is 0 Å². The van der Waals surface area contributed by atoms with E-state index in [0.29, 0.717) is 23.6 Å². The van der Waals surface area contributed by atoms with Gasteiger partial charge in [-0.15, -0.1) is 0 Å². The van der Waals surface area contributed by atoms with Crippen LogP contribution in [0.1, 0.15) is 59.8 Å². The van der Waals surface area contributed by atoms with Crippen LogP contribution in [-0.2, 0) is 9.47 Å². The van der Waals surface area contributed by atoms with Crippen LogP contribution in [0.15, 0.2) is 0 Å². The zero-order chi connectivity index (χ0) is 14.8. The van der Waals surface area contributed by atoms with Gasteiger partial charge in [0.2, 0.25) is 0 Å². The van der Waals surface area contributed by atoms with Gasteiger partial charge in [-0.1, -0.05) is 33.6 Å². The van der Waals surface area contributed by atoms with Crippen molar-refractivity contribution in [2.24, 2.45) is 11.3 Å². The van der Waals surface area contributed by atoms with Crippen LogP contribution in [0.5, 0.6) is 0 Å². The Labute approximate surface area is 124 Å². The molecule has 2 aliphatic rings. The molecule has 0 amide bonds. The third kappa shape index (κ3) is 3.55. The summed E-state index contributed by atoms with van der Waals surface area (Å²) in [6, 6.07) is 1.12. The van der Waals surface area contributed by atoms with Gasteiger partial charge in [-0.05, 0) is 37.5 Å². The maximum atomic E-state index is 5.73. The highest BCUT2D eigenvalue weighted by molar-refractivity contribution is 5.00. The van der Waals surface area contributed by atoms with Crippen molar-refractivity contribution >= 4 is 0 Å². The molecule has 3 nitrogen and oxygen atoms in total. The Morgan fingerprint density at radius 2 is 1.80 bits per heavy atom. The Bertz CT molecular complexity index is 300. The average Bonchev–Trinajstić information content (AvgIpc) is 2.37. The Hall–Kier alpha value is -0.120. The average molecular weight is 283 g/mol. The monoisotopic (exact) mass is 283 g/mol. The van der Waals surface area contributed by atoms with E-state index in [1.165, 1.54) is 25.7 Å². The van der Waals surface area contributed by atoms with Crippen LogP contribution in [-0.4, -0.2) is 38.0 Å². The molecule has 0 aliphatic heterocycles. The zero-order valence-corrected chi connectivity index (χ0v) is 13.9. The molecule has 0 aromatic heterocycles. The molecule has 1 N–H and O–H groups in total. The second kappa shape index (κ2) is 6.76. The van der Waals surface area contributed by atoms with Gasteiger partial charge in [-0.2, -0.15) is 0 Å². The number of rotatable bonds is 5. The number of nitrogens with one attached hydrogen (secondary N) is 1. The van der Waals surface area contributed by atoms with Gasteiger partial charge in [0.05, 0.1) is 12.2 Å². The molecule has 3 heteroatoms. The normalized spacial score (nSPS) is 38.5. The first-order valence-electron chi connectivity index (χ1n) is 8.37. The Morgan fingerprint density at radius 3 is 2.40 bits per heavy atom. The lowest BCUT2D eigenvalue weighted by atomic mass is 9.69. The van der Waals surface area contributed by atoms with E-state index in [1.807, 2.05) is 7.11 Å². The fraction of sp³-hybridized carbons (Fsp3) is 1.00. The largest absolute Gasteiger partial charge is 0.377 e. The molecule has 118 valence electrons. The summed E-state index contributed by atoms with van der Waals surface area (Å²) in [5.41, 5.74) is 0.393. The first-order chi connectivity index (χ1) is 9.47. The fourth-order valence-corrected chi connectivity index (χ4v) is 4.08. The van der Waals surface area contributed by atoms with Crippen molar-refractivity contribution in [3.05, 3.63) is 0 Å². The minimum Gasteiger partial charge on any atom is -0.377 e. The minimum absolute atomic E-state index is 0.234. The molecule has 20 heavy (non-hydrogen) atoms. The van der Waals surface area contributed by atoms with Gasteiger partial charge < -0.3 is 14.8 Å². The molecular formula is C17H33NO2. The van der Waals surface area contributed by atoms with Gasteiger partial charge in [0.15, 0.2) is 0 Å². The lowest BCUT2D eigenvalue weighted by Crippen LogP contribution is -2.63. The molecule has 0 saturated heterocycles. The van der Waals surface area contributed by atoms with Gasteiger partial charge in [0, 0.05) is 25.8 Å². The third-order valence-corrected chi connectivity index (χ3v) is 5.21. The summed E-state index contributed by atoms with van der Waals surface area (Å²) in [5.74, 6) is 0.778. The van der Waals surface area contributed by atoms with Gasteiger partial charge in [0.1, 0.15) is 0 Å². The van der Waals surface area contributed by atoms with Crippen LogP contribution >= 0.6 is 0 Å². The van der Waals surface area contributed by atoms with E-state index in [-0.39, 0.29) is 6.10 Å². The van der Waals surface area contributed by atoms with E-state index in [2.05, 4.69) is 33.0 Å². The molecule has 5 unspecified atom stereocenters. The van der Waals surface area contributed by atoms with Crippen molar-refractivity contribution in [1.82, 2.24) is 5.32 Å². The maximum absolute atomic E-state index is 5.73. The molecule has 5 atom stereocenters. The van der Waals surface area contributed by atoms with Crippen LogP contribution in [0.2, 0.25) is 0 Å². The van der Waals surface area contributed by atoms with E-state index < -0.39 is 0 Å². The molecule has 0 bridgehead atoms. The summed E-state index contributed by atoms with van der Waals surface area (Å²) in [4.78, 5) is 0. The number of hydrogen-bond acceptors (Lipinski definition) is 3. The van der Waals surface area contributed by atoms with Crippen molar-refractivity contribution in [1.29, 1.82) is 0 Å². The second-order valence-corrected chi connectivity index (χ2v) is 7.57. The quantitative estimate of drug-likeness (QED) is 0.839. The molecule has 0 heterocycles. The van der Waals surface area contributed by atoms with Crippen molar-refractivity contribution in [2.75, 3.05) is 13.7 Å². The molecular weight excluding hydrogens is 250 g/mol. The van der Waals surface area contributed by atoms with Crippen molar-refractivity contribution in [2.45, 2.75) is 84.1 Å². The number of ether oxygens (including phenoxy) is 2. The predicted octanol–water partition coefficient (Wildman–Crippen LogP) is 3.37. The number of hydrogen-bond donors (Lipinski definition) is 1. The van der Waals surface area contributed by atoms with Crippen LogP contribution in [0.3, 0.4) is 0 Å². The van der Waals surface area contributed by atoms with Crippen LogP contribution < -0.4 is 5.32 Å². The molecule has 0 aromatic carbocycles. The lowest BCUT2D eigenvalue weighted by Gasteiger charge is -2.49. The highest BCUT2D eigenvalue weighted by Crippen LogP contribution is 2.39. The molecule has 2 aliphatic carbocycles. The molecule has 0 radical (unpaired) electrons. The zero-order valence-electron chi connectivity index (χ0n) is 13.9. The van der Waals surface area contributed by atoms with Crippen molar-refractivity contribution < 1.29 is 9.47 Å².